The van der Waals surface area contributed by atoms with E-state index in [2.05, 4.69) is 0 Å². The molecule has 0 saturated carbocycles. The summed E-state index contributed by atoms with van der Waals surface area (Å²) in [7, 11) is -3.98. The van der Waals surface area contributed by atoms with Crippen molar-refractivity contribution in [2.75, 3.05) is 24.8 Å². The minimum absolute atomic E-state index is 0.0373. The lowest BCUT2D eigenvalue weighted by atomic mass is 10.3. The lowest BCUT2D eigenvalue weighted by Crippen LogP contribution is -2.34. The average molecular weight is 362 g/mol. The number of nitrogens with zero attached hydrogens (tertiary/aromatic N) is 2. The van der Waals surface area contributed by atoms with Crippen molar-refractivity contribution in [3.8, 4) is 0 Å². The van der Waals surface area contributed by atoms with E-state index in [-0.39, 0.29) is 40.5 Å². The van der Waals surface area contributed by atoms with Gasteiger partial charge in [0.05, 0.1) is 9.95 Å². The largest absolute Gasteiger partial charge is 0.270 e. The quantitative estimate of drug-likeness (QED) is 0.425. The molecule has 0 amide bonds. The Morgan fingerprint density at radius 1 is 1.20 bits per heavy atom. The lowest BCUT2D eigenvalue weighted by Gasteiger charge is -2.20. The Morgan fingerprint density at radius 2 is 1.75 bits per heavy atom. The van der Waals surface area contributed by atoms with E-state index >= 15 is 0 Å². The Morgan fingerprint density at radius 3 is 2.20 bits per heavy atom. The number of nitro groups is 1. The third-order valence-electron chi connectivity index (χ3n) is 2.41. The van der Waals surface area contributed by atoms with Gasteiger partial charge >= 0.3 is 0 Å². The molecule has 0 saturated heterocycles. The van der Waals surface area contributed by atoms with Gasteiger partial charge in [-0.3, -0.25) is 10.1 Å². The molecule has 0 atom stereocenters. The molecule has 0 fully saturated rings. The first kappa shape index (κ1) is 17.5. The number of hydrogen-bond acceptors (Lipinski definition) is 4. The summed E-state index contributed by atoms with van der Waals surface area (Å²) in [6.07, 6.45) is 0. The molecule has 0 radical (unpaired) electrons. The van der Waals surface area contributed by atoms with Crippen molar-refractivity contribution in [3.63, 3.8) is 0 Å². The van der Waals surface area contributed by atoms with Gasteiger partial charge in [0.15, 0.2) is 0 Å². The number of hydrogen-bond donors (Lipinski definition) is 0. The molecule has 0 bridgehead atoms. The highest BCUT2D eigenvalue weighted by Gasteiger charge is 2.27. The first-order valence-corrected chi connectivity index (χ1v) is 8.29. The second-order valence-corrected chi connectivity index (χ2v) is 6.72. The predicted octanol–water partition coefficient (Wildman–Crippen LogP) is 2.72. The number of alkyl halides is 2. The van der Waals surface area contributed by atoms with Crippen LogP contribution >= 0.6 is 34.8 Å². The minimum atomic E-state index is -3.98. The summed E-state index contributed by atoms with van der Waals surface area (Å²) < 4.78 is 25.9. The normalized spacial score (nSPS) is 11.8. The topological polar surface area (TPSA) is 80.5 Å². The molecule has 0 aliphatic carbocycles. The van der Waals surface area contributed by atoms with Crippen LogP contribution < -0.4 is 0 Å². The van der Waals surface area contributed by atoms with Crippen LogP contribution in [0.3, 0.4) is 0 Å². The van der Waals surface area contributed by atoms with Crippen molar-refractivity contribution in [2.45, 2.75) is 4.90 Å². The maximum atomic E-state index is 12.4. The Bertz CT molecular complexity index is 588. The van der Waals surface area contributed by atoms with E-state index in [0.717, 1.165) is 16.4 Å². The predicted molar refractivity (Wildman–Crippen MR) is 78.3 cm³/mol. The van der Waals surface area contributed by atoms with Crippen LogP contribution in [0.4, 0.5) is 5.69 Å². The van der Waals surface area contributed by atoms with Gasteiger partial charge in [-0.25, -0.2) is 8.42 Å². The SMILES string of the molecule is O=[N+]([O-])c1ccc(Cl)c(S(=O)(=O)N(CCCl)CCCl)c1. The third-order valence-corrected chi connectivity index (χ3v) is 5.13. The van der Waals surface area contributed by atoms with Crippen molar-refractivity contribution in [3.05, 3.63) is 33.3 Å². The highest BCUT2D eigenvalue weighted by Crippen LogP contribution is 2.28. The summed E-state index contributed by atoms with van der Waals surface area (Å²) in [5, 5.41) is 10.6. The van der Waals surface area contributed by atoms with Gasteiger partial charge in [0.1, 0.15) is 4.90 Å². The summed E-state index contributed by atoms with van der Waals surface area (Å²) in [6, 6.07) is 3.23. The van der Waals surface area contributed by atoms with E-state index < -0.39 is 14.9 Å². The molecule has 0 aromatic heterocycles. The number of non-ortho nitro benzene ring substituents is 1. The fourth-order valence-corrected chi connectivity index (χ4v) is 4.03. The monoisotopic (exact) mass is 360 g/mol. The molecule has 0 aliphatic rings. The van der Waals surface area contributed by atoms with Gasteiger partial charge in [0.2, 0.25) is 10.0 Å². The van der Waals surface area contributed by atoms with Gasteiger partial charge in [-0.1, -0.05) is 11.6 Å². The molecular weight excluding hydrogens is 351 g/mol. The Hall–Kier alpha value is -0.600. The zero-order valence-corrected chi connectivity index (χ0v) is 13.2. The van der Waals surface area contributed by atoms with Gasteiger partial charge in [-0.2, -0.15) is 4.31 Å². The molecule has 20 heavy (non-hydrogen) atoms. The van der Waals surface area contributed by atoms with Gasteiger partial charge in [-0.15, -0.1) is 23.2 Å². The van der Waals surface area contributed by atoms with Gasteiger partial charge < -0.3 is 0 Å². The number of rotatable bonds is 7. The minimum Gasteiger partial charge on any atom is -0.258 e. The van der Waals surface area contributed by atoms with E-state index in [4.69, 9.17) is 34.8 Å². The van der Waals surface area contributed by atoms with Crippen molar-refractivity contribution >= 4 is 50.5 Å². The molecule has 0 aliphatic heterocycles. The molecule has 0 N–H and O–H groups in total. The van der Waals surface area contributed by atoms with E-state index in [9.17, 15) is 18.5 Å². The van der Waals surface area contributed by atoms with Crippen molar-refractivity contribution in [1.29, 1.82) is 0 Å². The van der Waals surface area contributed by atoms with Crippen LogP contribution in [0.15, 0.2) is 23.1 Å². The van der Waals surface area contributed by atoms with Gasteiger partial charge in [0, 0.05) is 37.0 Å². The number of benzene rings is 1. The molecular formula is C10H11Cl3N2O4S. The van der Waals surface area contributed by atoms with Crippen LogP contribution in [0.25, 0.3) is 0 Å². The smallest absolute Gasteiger partial charge is 0.258 e. The fraction of sp³-hybridized carbons (Fsp3) is 0.400. The molecule has 0 spiro atoms. The molecule has 112 valence electrons. The van der Waals surface area contributed by atoms with Crippen LogP contribution in [0.5, 0.6) is 0 Å². The number of halogens is 3. The molecule has 1 aromatic carbocycles. The molecule has 1 aromatic rings. The maximum Gasteiger partial charge on any atom is 0.270 e. The molecule has 6 nitrogen and oxygen atoms in total. The van der Waals surface area contributed by atoms with Crippen LogP contribution in [0.2, 0.25) is 5.02 Å². The Balaban J connectivity index is 3.32. The molecule has 1 rings (SSSR count). The second-order valence-electron chi connectivity index (χ2n) is 3.65. The third kappa shape index (κ3) is 3.95. The van der Waals surface area contributed by atoms with Crippen molar-refractivity contribution in [1.82, 2.24) is 4.31 Å². The summed E-state index contributed by atoms with van der Waals surface area (Å²) >= 11 is 16.9. The van der Waals surface area contributed by atoms with Crippen LogP contribution in [0, 0.1) is 10.1 Å². The van der Waals surface area contributed by atoms with Crippen LogP contribution in [-0.4, -0.2) is 42.5 Å². The van der Waals surface area contributed by atoms with Crippen molar-refractivity contribution < 1.29 is 13.3 Å². The van der Waals surface area contributed by atoms with E-state index in [0.29, 0.717) is 0 Å². The summed E-state index contributed by atoms with van der Waals surface area (Å²) in [6.45, 7) is 0.0747. The second kappa shape index (κ2) is 7.42. The Labute approximate surface area is 131 Å². The summed E-state index contributed by atoms with van der Waals surface area (Å²) in [4.78, 5) is 9.70. The summed E-state index contributed by atoms with van der Waals surface area (Å²) in [5.74, 6) is 0.144. The first-order valence-electron chi connectivity index (χ1n) is 5.40. The highest BCUT2D eigenvalue weighted by molar-refractivity contribution is 7.89. The van der Waals surface area contributed by atoms with Crippen LogP contribution in [-0.2, 0) is 10.0 Å². The Kier molecular flexibility index (Phi) is 6.47. The van der Waals surface area contributed by atoms with E-state index in [1.807, 2.05) is 0 Å². The van der Waals surface area contributed by atoms with E-state index in [1.54, 1.807) is 0 Å². The standard InChI is InChI=1S/C10H11Cl3N2O4S/c11-3-5-14(6-4-12)20(18,19)10-7-8(15(16)17)1-2-9(10)13/h1-2,7H,3-6H2. The highest BCUT2D eigenvalue weighted by atomic mass is 35.5. The lowest BCUT2D eigenvalue weighted by molar-refractivity contribution is -0.385. The zero-order chi connectivity index (χ0) is 15.3. The summed E-state index contributed by atoms with van der Waals surface area (Å²) in [5.41, 5.74) is -0.357. The fourth-order valence-electron chi connectivity index (χ4n) is 1.48. The zero-order valence-electron chi connectivity index (χ0n) is 10.1. The first-order chi connectivity index (χ1) is 9.34. The van der Waals surface area contributed by atoms with E-state index in [1.165, 1.54) is 6.07 Å². The van der Waals surface area contributed by atoms with Crippen molar-refractivity contribution in [2.24, 2.45) is 0 Å². The van der Waals surface area contributed by atoms with Gasteiger partial charge in [-0.05, 0) is 6.07 Å². The molecule has 0 heterocycles. The maximum absolute atomic E-state index is 12.4. The average Bonchev–Trinajstić information content (AvgIpc) is 2.38. The van der Waals surface area contributed by atoms with Gasteiger partial charge in [0.25, 0.3) is 5.69 Å². The number of nitro benzene ring substituents is 1. The molecule has 10 heteroatoms. The van der Waals surface area contributed by atoms with Crippen LogP contribution in [0.1, 0.15) is 0 Å². The molecule has 0 unspecified atom stereocenters. The number of sulfonamides is 1.